The summed E-state index contributed by atoms with van der Waals surface area (Å²) in [6.45, 7) is 9.05. The van der Waals surface area contributed by atoms with E-state index in [1.54, 1.807) is 0 Å². The molecule has 0 bridgehead atoms. The first kappa shape index (κ1) is 15.3. The van der Waals surface area contributed by atoms with Crippen LogP contribution in [0.2, 0.25) is 0 Å². The smallest absolute Gasteiger partial charge is 0.179 e. The number of Topliss-reactive ketones (excluding diaryl/α,β-unsaturated/α-hetero) is 1. The molecule has 0 saturated carbocycles. The largest absolute Gasteiger partial charge is 0.484 e. The fourth-order valence-corrected chi connectivity index (χ4v) is 3.44. The van der Waals surface area contributed by atoms with Crippen molar-refractivity contribution in [1.29, 1.82) is 0 Å². The zero-order valence-corrected chi connectivity index (χ0v) is 13.8. The van der Waals surface area contributed by atoms with Gasteiger partial charge in [0.1, 0.15) is 11.4 Å². The van der Waals surface area contributed by atoms with Crippen LogP contribution in [0.1, 0.15) is 50.4 Å². The van der Waals surface area contributed by atoms with E-state index in [-0.39, 0.29) is 17.4 Å². The minimum absolute atomic E-state index is 0.0252. The number of anilines is 1. The number of benzene rings is 1. The zero-order valence-electron chi connectivity index (χ0n) is 13.8. The molecule has 120 valence electrons. The van der Waals surface area contributed by atoms with Gasteiger partial charge in [0.2, 0.25) is 0 Å². The molecule has 1 atom stereocenters. The highest BCUT2D eigenvalue weighted by molar-refractivity contribution is 6.01. The van der Waals surface area contributed by atoms with E-state index in [1.807, 2.05) is 18.2 Å². The van der Waals surface area contributed by atoms with Crippen molar-refractivity contribution in [3.63, 3.8) is 0 Å². The van der Waals surface area contributed by atoms with Crippen molar-refractivity contribution < 1.29 is 9.53 Å². The predicted molar refractivity (Wildman–Crippen MR) is 89.0 cm³/mol. The molecule has 0 aliphatic carbocycles. The van der Waals surface area contributed by atoms with Crippen molar-refractivity contribution in [2.24, 2.45) is 0 Å². The Morgan fingerprint density at radius 3 is 2.91 bits per heavy atom. The van der Waals surface area contributed by atoms with Gasteiger partial charge in [-0.3, -0.25) is 4.79 Å². The number of nitrogens with zero attached hydrogens (tertiary/aromatic N) is 1. The summed E-state index contributed by atoms with van der Waals surface area (Å²) in [6.07, 6.45) is 3.24. The molecule has 2 heterocycles. The summed E-state index contributed by atoms with van der Waals surface area (Å²) < 4.78 is 6.06. The van der Waals surface area contributed by atoms with E-state index < -0.39 is 0 Å². The number of carbonyl (C=O) groups excluding carboxylic acids is 1. The lowest BCUT2D eigenvalue weighted by atomic mass is 9.95. The van der Waals surface area contributed by atoms with Crippen molar-refractivity contribution in [3.8, 4) is 5.75 Å². The minimum Gasteiger partial charge on any atom is -0.484 e. The lowest BCUT2D eigenvalue weighted by Gasteiger charge is -2.40. The molecule has 22 heavy (non-hydrogen) atoms. The summed E-state index contributed by atoms with van der Waals surface area (Å²) >= 11 is 0. The van der Waals surface area contributed by atoms with E-state index in [4.69, 9.17) is 4.74 Å². The zero-order chi connectivity index (χ0) is 15.7. The Kier molecular flexibility index (Phi) is 4.13. The van der Waals surface area contributed by atoms with E-state index in [0.717, 1.165) is 49.5 Å². The lowest BCUT2D eigenvalue weighted by Crippen LogP contribution is -2.47. The maximum atomic E-state index is 12.7. The van der Waals surface area contributed by atoms with Crippen molar-refractivity contribution in [2.45, 2.75) is 51.7 Å². The van der Waals surface area contributed by atoms with Gasteiger partial charge in [-0.1, -0.05) is 6.42 Å². The fraction of sp³-hybridized carbons (Fsp3) is 0.611. The van der Waals surface area contributed by atoms with Gasteiger partial charge in [0, 0.05) is 12.1 Å². The van der Waals surface area contributed by atoms with Gasteiger partial charge >= 0.3 is 0 Å². The second-order valence-electron chi connectivity index (χ2n) is 6.93. The van der Waals surface area contributed by atoms with Crippen molar-refractivity contribution in [2.75, 3.05) is 24.5 Å². The average molecular weight is 302 g/mol. The number of hydrogen-bond donors (Lipinski definition) is 1. The molecule has 1 N–H and O–H groups in total. The third-order valence-corrected chi connectivity index (χ3v) is 4.55. The Bertz CT molecular complexity index is 562. The average Bonchev–Trinajstić information content (AvgIpc) is 2.53. The van der Waals surface area contributed by atoms with Crippen LogP contribution in [-0.4, -0.2) is 37.1 Å². The van der Waals surface area contributed by atoms with Crippen molar-refractivity contribution in [1.82, 2.24) is 5.32 Å². The summed E-state index contributed by atoms with van der Waals surface area (Å²) in [6, 6.07) is 5.84. The van der Waals surface area contributed by atoms with Crippen LogP contribution in [0.3, 0.4) is 0 Å². The molecular weight excluding hydrogens is 276 g/mol. The predicted octanol–water partition coefficient (Wildman–Crippen LogP) is 3.01. The standard InChI is InChI=1S/C18H26N2O2/c1-4-20-12-18(2,3)22-16-9-8-13(11-15(16)20)17(21)14-7-5-6-10-19-14/h8-9,11,14,19H,4-7,10,12H2,1-3H3. The molecule has 2 aliphatic rings. The Morgan fingerprint density at radius 1 is 1.41 bits per heavy atom. The first-order chi connectivity index (χ1) is 10.5. The molecule has 1 saturated heterocycles. The number of ether oxygens (including phenoxy) is 1. The Hall–Kier alpha value is -1.55. The molecule has 1 fully saturated rings. The van der Waals surface area contributed by atoms with Crippen LogP contribution in [0.25, 0.3) is 0 Å². The van der Waals surface area contributed by atoms with Gasteiger partial charge in [0.05, 0.1) is 18.3 Å². The summed E-state index contributed by atoms with van der Waals surface area (Å²) in [4.78, 5) is 15.0. The van der Waals surface area contributed by atoms with Crippen LogP contribution in [0, 0.1) is 0 Å². The second-order valence-corrected chi connectivity index (χ2v) is 6.93. The monoisotopic (exact) mass is 302 g/mol. The molecule has 3 rings (SSSR count). The molecule has 1 aromatic rings. The quantitative estimate of drug-likeness (QED) is 0.872. The molecule has 0 aromatic heterocycles. The van der Waals surface area contributed by atoms with Crippen LogP contribution >= 0.6 is 0 Å². The minimum atomic E-state index is -0.195. The van der Waals surface area contributed by atoms with Gasteiger partial charge in [-0.05, 0) is 58.4 Å². The van der Waals surface area contributed by atoms with Crippen LogP contribution < -0.4 is 15.0 Å². The molecule has 4 heteroatoms. The Labute approximate surface area is 132 Å². The van der Waals surface area contributed by atoms with E-state index >= 15 is 0 Å². The number of likely N-dealkylation sites (N-methyl/N-ethyl adjacent to an activating group) is 1. The number of fused-ring (bicyclic) bond motifs is 1. The van der Waals surface area contributed by atoms with Crippen LogP contribution in [0.4, 0.5) is 5.69 Å². The van der Waals surface area contributed by atoms with Crippen molar-refractivity contribution >= 4 is 11.5 Å². The van der Waals surface area contributed by atoms with E-state index in [1.165, 1.54) is 6.42 Å². The fourth-order valence-electron chi connectivity index (χ4n) is 3.44. The van der Waals surface area contributed by atoms with E-state index in [0.29, 0.717) is 0 Å². The highest BCUT2D eigenvalue weighted by Crippen LogP contribution is 2.37. The molecule has 2 aliphatic heterocycles. The molecular formula is C18H26N2O2. The molecule has 1 aromatic carbocycles. The molecule has 0 spiro atoms. The van der Waals surface area contributed by atoms with Crippen LogP contribution in [0.5, 0.6) is 5.75 Å². The molecule has 0 amide bonds. The molecule has 0 radical (unpaired) electrons. The van der Waals surface area contributed by atoms with Gasteiger partial charge in [-0.15, -0.1) is 0 Å². The third-order valence-electron chi connectivity index (χ3n) is 4.55. The van der Waals surface area contributed by atoms with Gasteiger partial charge in [0.25, 0.3) is 0 Å². The maximum absolute atomic E-state index is 12.7. The maximum Gasteiger partial charge on any atom is 0.179 e. The summed E-state index contributed by atoms with van der Waals surface area (Å²) in [7, 11) is 0. The van der Waals surface area contributed by atoms with Gasteiger partial charge in [-0.25, -0.2) is 0 Å². The molecule has 1 unspecified atom stereocenters. The topological polar surface area (TPSA) is 41.6 Å². The number of carbonyl (C=O) groups is 1. The Morgan fingerprint density at radius 2 is 2.23 bits per heavy atom. The number of rotatable bonds is 3. The van der Waals surface area contributed by atoms with Gasteiger partial charge in [-0.2, -0.15) is 0 Å². The highest BCUT2D eigenvalue weighted by atomic mass is 16.5. The SMILES string of the molecule is CCN1CC(C)(C)Oc2ccc(C(=O)C3CCCCN3)cc21. The number of ketones is 1. The normalized spacial score (nSPS) is 23.6. The number of nitrogens with one attached hydrogen (secondary N) is 1. The first-order valence-corrected chi connectivity index (χ1v) is 8.36. The van der Waals surface area contributed by atoms with Gasteiger partial charge in [0.15, 0.2) is 5.78 Å². The van der Waals surface area contributed by atoms with E-state index in [2.05, 4.69) is 31.0 Å². The Balaban J connectivity index is 1.88. The highest BCUT2D eigenvalue weighted by Gasteiger charge is 2.32. The summed E-state index contributed by atoms with van der Waals surface area (Å²) in [5, 5.41) is 3.34. The summed E-state index contributed by atoms with van der Waals surface area (Å²) in [5.74, 6) is 1.09. The van der Waals surface area contributed by atoms with E-state index in [9.17, 15) is 4.79 Å². The number of hydrogen-bond acceptors (Lipinski definition) is 4. The first-order valence-electron chi connectivity index (χ1n) is 8.36. The third kappa shape index (κ3) is 2.98. The summed E-state index contributed by atoms with van der Waals surface area (Å²) in [5.41, 5.74) is 1.64. The van der Waals surface area contributed by atoms with Crippen LogP contribution in [-0.2, 0) is 0 Å². The van der Waals surface area contributed by atoms with Crippen molar-refractivity contribution in [3.05, 3.63) is 23.8 Å². The molecule has 4 nitrogen and oxygen atoms in total. The van der Waals surface area contributed by atoms with Crippen LogP contribution in [0.15, 0.2) is 18.2 Å². The van der Waals surface area contributed by atoms with Gasteiger partial charge < -0.3 is 15.0 Å². The lowest BCUT2D eigenvalue weighted by molar-refractivity contribution is 0.0926. The second kappa shape index (κ2) is 5.92. The number of piperidine rings is 1.